The molecule has 0 radical (unpaired) electrons. The zero-order valence-electron chi connectivity index (χ0n) is 11.4. The van der Waals surface area contributed by atoms with Crippen molar-refractivity contribution in [2.75, 3.05) is 12.3 Å². The molecule has 2 heterocycles. The van der Waals surface area contributed by atoms with Gasteiger partial charge in [0.25, 0.3) is 5.91 Å². The molecule has 1 aromatic rings. The van der Waals surface area contributed by atoms with Gasteiger partial charge in [0.1, 0.15) is 5.69 Å². The number of nitrogens with zero attached hydrogens (tertiary/aromatic N) is 3. The number of nitrogens with two attached hydrogens (primary N) is 1. The topological polar surface area (TPSA) is 64.2 Å². The van der Waals surface area contributed by atoms with Crippen LogP contribution < -0.4 is 5.73 Å². The Kier molecular flexibility index (Phi) is 3.59. The molecule has 1 saturated heterocycles. The quantitative estimate of drug-likeness (QED) is 0.869. The SMILES string of the molecule is CCn1ncc(N)c1C(=O)N1CCCC(C)C1C. The Morgan fingerprint density at radius 2 is 2.28 bits per heavy atom. The highest BCUT2D eigenvalue weighted by Crippen LogP contribution is 2.25. The lowest BCUT2D eigenvalue weighted by molar-refractivity contribution is 0.0539. The van der Waals surface area contributed by atoms with E-state index in [9.17, 15) is 4.79 Å². The zero-order valence-corrected chi connectivity index (χ0v) is 11.4. The Bertz CT molecular complexity index is 440. The molecule has 2 atom stereocenters. The number of likely N-dealkylation sites (tertiary alicyclic amines) is 1. The van der Waals surface area contributed by atoms with Gasteiger partial charge in [0, 0.05) is 19.1 Å². The predicted molar refractivity (Wildman–Crippen MR) is 71.2 cm³/mol. The number of aromatic nitrogens is 2. The van der Waals surface area contributed by atoms with Gasteiger partial charge >= 0.3 is 0 Å². The van der Waals surface area contributed by atoms with Crippen LogP contribution in [0.15, 0.2) is 6.20 Å². The summed E-state index contributed by atoms with van der Waals surface area (Å²) in [5.74, 6) is 0.563. The molecule has 100 valence electrons. The highest BCUT2D eigenvalue weighted by atomic mass is 16.2. The summed E-state index contributed by atoms with van der Waals surface area (Å²) >= 11 is 0. The van der Waals surface area contributed by atoms with E-state index in [-0.39, 0.29) is 11.9 Å². The smallest absolute Gasteiger partial charge is 0.274 e. The number of hydrogen-bond acceptors (Lipinski definition) is 3. The average Bonchev–Trinajstić information content (AvgIpc) is 2.73. The van der Waals surface area contributed by atoms with Crippen molar-refractivity contribution in [3.8, 4) is 0 Å². The second-order valence-electron chi connectivity index (χ2n) is 5.12. The van der Waals surface area contributed by atoms with Crippen LogP contribution in [0, 0.1) is 5.92 Å². The molecule has 0 bridgehead atoms. The van der Waals surface area contributed by atoms with Crippen LogP contribution >= 0.6 is 0 Å². The summed E-state index contributed by atoms with van der Waals surface area (Å²) in [6.07, 6.45) is 3.82. The van der Waals surface area contributed by atoms with Crippen molar-refractivity contribution in [2.45, 2.75) is 46.2 Å². The van der Waals surface area contributed by atoms with E-state index in [4.69, 9.17) is 5.73 Å². The number of aryl methyl sites for hydroxylation is 1. The molecule has 0 saturated carbocycles. The molecule has 1 aliphatic heterocycles. The van der Waals surface area contributed by atoms with Crippen LogP contribution in [0.5, 0.6) is 0 Å². The lowest BCUT2D eigenvalue weighted by Crippen LogP contribution is -2.46. The van der Waals surface area contributed by atoms with Gasteiger partial charge in [0.15, 0.2) is 0 Å². The van der Waals surface area contributed by atoms with E-state index in [1.165, 1.54) is 6.42 Å². The van der Waals surface area contributed by atoms with Gasteiger partial charge in [0.2, 0.25) is 0 Å². The normalized spacial score (nSPS) is 24.3. The molecule has 1 aromatic heterocycles. The number of rotatable bonds is 2. The van der Waals surface area contributed by atoms with Crippen LogP contribution in [0.2, 0.25) is 0 Å². The van der Waals surface area contributed by atoms with Crippen molar-refractivity contribution in [2.24, 2.45) is 5.92 Å². The third-order valence-corrected chi connectivity index (χ3v) is 4.00. The van der Waals surface area contributed by atoms with E-state index in [0.717, 1.165) is 13.0 Å². The number of piperidine rings is 1. The van der Waals surface area contributed by atoms with Crippen LogP contribution in [0.25, 0.3) is 0 Å². The van der Waals surface area contributed by atoms with Crippen molar-refractivity contribution in [1.29, 1.82) is 0 Å². The van der Waals surface area contributed by atoms with E-state index in [2.05, 4.69) is 18.9 Å². The van der Waals surface area contributed by atoms with Crippen molar-refractivity contribution in [1.82, 2.24) is 14.7 Å². The zero-order chi connectivity index (χ0) is 13.3. The molecule has 1 fully saturated rings. The Hall–Kier alpha value is -1.52. The maximum Gasteiger partial charge on any atom is 0.274 e. The summed E-state index contributed by atoms with van der Waals surface area (Å²) < 4.78 is 1.68. The summed E-state index contributed by atoms with van der Waals surface area (Å²) in [7, 11) is 0. The third kappa shape index (κ3) is 2.09. The molecule has 0 aromatic carbocycles. The average molecular weight is 250 g/mol. The van der Waals surface area contributed by atoms with Crippen LogP contribution in [-0.2, 0) is 6.54 Å². The van der Waals surface area contributed by atoms with Crippen LogP contribution in [0.4, 0.5) is 5.69 Å². The predicted octanol–water partition coefficient (Wildman–Crippen LogP) is 1.75. The summed E-state index contributed by atoms with van der Waals surface area (Å²) in [4.78, 5) is 14.5. The van der Waals surface area contributed by atoms with Gasteiger partial charge in [-0.1, -0.05) is 6.92 Å². The molecule has 18 heavy (non-hydrogen) atoms. The molecule has 5 nitrogen and oxygen atoms in total. The Labute approximate surface area is 108 Å². The first kappa shape index (κ1) is 12.9. The van der Waals surface area contributed by atoms with Crippen LogP contribution in [0.3, 0.4) is 0 Å². The molecule has 1 amide bonds. The van der Waals surface area contributed by atoms with Gasteiger partial charge in [-0.05, 0) is 32.6 Å². The maximum absolute atomic E-state index is 12.6. The fourth-order valence-electron chi connectivity index (χ4n) is 2.63. The Balaban J connectivity index is 2.27. The standard InChI is InChI=1S/C13H22N4O/c1-4-17-12(11(14)8-15-17)13(18)16-7-5-6-9(2)10(16)3/h8-10H,4-7,14H2,1-3H3. The Morgan fingerprint density at radius 3 is 2.94 bits per heavy atom. The molecule has 2 unspecified atom stereocenters. The summed E-state index contributed by atoms with van der Waals surface area (Å²) in [5.41, 5.74) is 6.89. The van der Waals surface area contributed by atoms with E-state index in [1.54, 1.807) is 10.9 Å². The minimum Gasteiger partial charge on any atom is -0.396 e. The number of amides is 1. The largest absolute Gasteiger partial charge is 0.396 e. The third-order valence-electron chi connectivity index (χ3n) is 4.00. The summed E-state index contributed by atoms with van der Waals surface area (Å²) in [5, 5.41) is 4.14. The van der Waals surface area contributed by atoms with Gasteiger partial charge < -0.3 is 10.6 Å². The number of nitrogen functional groups attached to an aromatic ring is 1. The summed E-state index contributed by atoms with van der Waals surface area (Å²) in [6, 6.07) is 0.269. The molecular formula is C13H22N4O. The first-order chi connectivity index (χ1) is 8.56. The minimum atomic E-state index is 0.0194. The fourth-order valence-corrected chi connectivity index (χ4v) is 2.63. The minimum absolute atomic E-state index is 0.0194. The highest BCUT2D eigenvalue weighted by molar-refractivity contribution is 5.97. The molecule has 2 rings (SSSR count). The number of carbonyl (C=O) groups is 1. The van der Waals surface area contributed by atoms with Crippen molar-refractivity contribution in [3.63, 3.8) is 0 Å². The lowest BCUT2D eigenvalue weighted by Gasteiger charge is -2.38. The van der Waals surface area contributed by atoms with Gasteiger partial charge in [-0.25, -0.2) is 0 Å². The Morgan fingerprint density at radius 1 is 1.56 bits per heavy atom. The van der Waals surface area contributed by atoms with Crippen LogP contribution in [0.1, 0.15) is 44.1 Å². The summed E-state index contributed by atoms with van der Waals surface area (Å²) in [6.45, 7) is 7.76. The number of hydrogen-bond donors (Lipinski definition) is 1. The molecule has 2 N–H and O–H groups in total. The van der Waals surface area contributed by atoms with Crippen molar-refractivity contribution in [3.05, 3.63) is 11.9 Å². The van der Waals surface area contributed by atoms with E-state index >= 15 is 0 Å². The van der Waals surface area contributed by atoms with Gasteiger partial charge in [0.05, 0.1) is 11.9 Å². The fraction of sp³-hybridized carbons (Fsp3) is 0.692. The second-order valence-corrected chi connectivity index (χ2v) is 5.12. The molecule has 5 heteroatoms. The van der Waals surface area contributed by atoms with Gasteiger partial charge in [-0.3, -0.25) is 9.48 Å². The number of carbonyl (C=O) groups excluding carboxylic acids is 1. The lowest BCUT2D eigenvalue weighted by atomic mass is 9.92. The van der Waals surface area contributed by atoms with Crippen LogP contribution in [-0.4, -0.2) is 33.2 Å². The van der Waals surface area contributed by atoms with E-state index in [0.29, 0.717) is 23.8 Å². The molecule has 0 spiro atoms. The monoisotopic (exact) mass is 250 g/mol. The highest BCUT2D eigenvalue weighted by Gasteiger charge is 2.31. The first-order valence-corrected chi connectivity index (χ1v) is 6.68. The van der Waals surface area contributed by atoms with E-state index < -0.39 is 0 Å². The maximum atomic E-state index is 12.6. The second kappa shape index (κ2) is 5.00. The van der Waals surface area contributed by atoms with E-state index in [1.807, 2.05) is 11.8 Å². The molecular weight excluding hydrogens is 228 g/mol. The van der Waals surface area contributed by atoms with Gasteiger partial charge in [-0.15, -0.1) is 0 Å². The van der Waals surface area contributed by atoms with Crippen molar-refractivity contribution < 1.29 is 4.79 Å². The number of anilines is 1. The molecule has 1 aliphatic rings. The van der Waals surface area contributed by atoms with Crippen molar-refractivity contribution >= 4 is 11.6 Å². The first-order valence-electron chi connectivity index (χ1n) is 6.68. The molecule has 0 aliphatic carbocycles. The van der Waals surface area contributed by atoms with Gasteiger partial charge in [-0.2, -0.15) is 5.10 Å².